The predicted octanol–water partition coefficient (Wildman–Crippen LogP) is 2.79. The zero-order valence-corrected chi connectivity index (χ0v) is 16.2. The number of carbonyl (C=O) groups excluding carboxylic acids is 1. The van der Waals surface area contributed by atoms with Gasteiger partial charge in [-0.15, -0.1) is 0 Å². The van der Waals surface area contributed by atoms with Crippen molar-refractivity contribution in [2.24, 2.45) is 0 Å². The number of rotatable bonds is 8. The fourth-order valence-electron chi connectivity index (χ4n) is 3.64. The van der Waals surface area contributed by atoms with E-state index in [1.165, 1.54) is 0 Å². The minimum Gasteiger partial charge on any atom is -0.497 e. The number of nitrogens with zero attached hydrogens (tertiary/aromatic N) is 2. The van der Waals surface area contributed by atoms with Crippen molar-refractivity contribution in [3.63, 3.8) is 0 Å². The standard InChI is InChI=1S/C22H23N3O4/c1-28-19-4-2-3-16(9-19)21(14-29-8-7-26)25-13-17-6-5-15(10-20(17)22(25)27)18-11-23-24-12-18/h2-6,9-12,21,26H,7-8,13-14H2,1H3,(H,23,24). The Morgan fingerprint density at radius 2 is 2.14 bits per heavy atom. The first-order valence-electron chi connectivity index (χ1n) is 9.47. The number of nitrogens with one attached hydrogen (secondary N) is 1. The summed E-state index contributed by atoms with van der Waals surface area (Å²) in [6, 6.07) is 13.3. The lowest BCUT2D eigenvalue weighted by atomic mass is 10.0. The molecule has 1 amide bonds. The zero-order chi connectivity index (χ0) is 20.2. The summed E-state index contributed by atoms with van der Waals surface area (Å²) in [6.45, 7) is 0.958. The Balaban J connectivity index is 1.64. The van der Waals surface area contributed by atoms with Gasteiger partial charge in [0, 0.05) is 23.9 Å². The summed E-state index contributed by atoms with van der Waals surface area (Å²) in [4.78, 5) is 15.1. The van der Waals surface area contributed by atoms with Crippen LogP contribution in [-0.2, 0) is 11.3 Å². The number of fused-ring (bicyclic) bond motifs is 1. The fourth-order valence-corrected chi connectivity index (χ4v) is 3.64. The van der Waals surface area contributed by atoms with Crippen LogP contribution in [0.3, 0.4) is 0 Å². The highest BCUT2D eigenvalue weighted by molar-refractivity contribution is 5.99. The van der Waals surface area contributed by atoms with Gasteiger partial charge in [0.05, 0.1) is 39.2 Å². The van der Waals surface area contributed by atoms with Crippen molar-refractivity contribution >= 4 is 5.91 Å². The van der Waals surface area contributed by atoms with E-state index in [0.29, 0.717) is 18.7 Å². The monoisotopic (exact) mass is 393 g/mol. The van der Waals surface area contributed by atoms with Crippen molar-refractivity contribution in [3.8, 4) is 16.9 Å². The SMILES string of the molecule is COc1cccc(C(COCCO)N2Cc3ccc(-c4cn[nH]c4)cc3C2=O)c1. The summed E-state index contributed by atoms with van der Waals surface area (Å²) < 4.78 is 11.0. The number of benzene rings is 2. The highest BCUT2D eigenvalue weighted by atomic mass is 16.5. The summed E-state index contributed by atoms with van der Waals surface area (Å²) in [5, 5.41) is 15.9. The largest absolute Gasteiger partial charge is 0.497 e. The molecule has 0 radical (unpaired) electrons. The lowest BCUT2D eigenvalue weighted by molar-refractivity contribution is 0.0339. The Morgan fingerprint density at radius 1 is 1.24 bits per heavy atom. The maximum absolute atomic E-state index is 13.3. The number of amides is 1. The Kier molecular flexibility index (Phi) is 5.59. The molecule has 1 aromatic heterocycles. The fraction of sp³-hybridized carbons (Fsp3) is 0.273. The van der Waals surface area contributed by atoms with Gasteiger partial charge >= 0.3 is 0 Å². The topological polar surface area (TPSA) is 87.7 Å². The van der Waals surface area contributed by atoms with E-state index in [9.17, 15) is 4.79 Å². The van der Waals surface area contributed by atoms with Gasteiger partial charge in [0.1, 0.15) is 5.75 Å². The molecule has 3 aromatic rings. The first-order valence-corrected chi connectivity index (χ1v) is 9.47. The van der Waals surface area contributed by atoms with Crippen LogP contribution in [0.15, 0.2) is 54.9 Å². The second-order valence-electron chi connectivity index (χ2n) is 6.88. The zero-order valence-electron chi connectivity index (χ0n) is 16.2. The van der Waals surface area contributed by atoms with Gasteiger partial charge in [-0.1, -0.05) is 24.3 Å². The molecule has 1 atom stereocenters. The third-order valence-electron chi connectivity index (χ3n) is 5.14. The smallest absolute Gasteiger partial charge is 0.255 e. The molecule has 0 saturated carbocycles. The van der Waals surface area contributed by atoms with Gasteiger partial charge < -0.3 is 19.5 Å². The Hall–Kier alpha value is -3.16. The molecular formula is C22H23N3O4. The van der Waals surface area contributed by atoms with Gasteiger partial charge in [-0.2, -0.15) is 5.10 Å². The van der Waals surface area contributed by atoms with Gasteiger partial charge in [0.25, 0.3) is 5.91 Å². The van der Waals surface area contributed by atoms with Crippen molar-refractivity contribution in [1.82, 2.24) is 15.1 Å². The maximum Gasteiger partial charge on any atom is 0.255 e. The number of carbonyl (C=O) groups is 1. The number of H-pyrrole nitrogens is 1. The molecule has 0 saturated heterocycles. The first kappa shape index (κ1) is 19.2. The minimum absolute atomic E-state index is 0.0363. The molecular weight excluding hydrogens is 370 g/mol. The second kappa shape index (κ2) is 8.46. The number of aliphatic hydroxyl groups excluding tert-OH is 1. The normalized spacial score (nSPS) is 14.1. The van der Waals surface area contributed by atoms with E-state index in [1.807, 2.05) is 47.4 Å². The average Bonchev–Trinajstić information content (AvgIpc) is 3.40. The van der Waals surface area contributed by atoms with Crippen molar-refractivity contribution in [2.75, 3.05) is 26.9 Å². The third-order valence-corrected chi connectivity index (χ3v) is 5.14. The number of hydrogen-bond acceptors (Lipinski definition) is 5. The Morgan fingerprint density at radius 3 is 2.90 bits per heavy atom. The van der Waals surface area contributed by atoms with Gasteiger partial charge in [-0.25, -0.2) is 0 Å². The third kappa shape index (κ3) is 3.87. The highest BCUT2D eigenvalue weighted by Gasteiger charge is 2.34. The lowest BCUT2D eigenvalue weighted by Gasteiger charge is -2.28. The summed E-state index contributed by atoms with van der Waals surface area (Å²) >= 11 is 0. The van der Waals surface area contributed by atoms with Crippen molar-refractivity contribution in [1.29, 1.82) is 0 Å². The number of methoxy groups -OCH3 is 1. The summed E-state index contributed by atoms with van der Waals surface area (Å²) in [7, 11) is 1.62. The van der Waals surface area contributed by atoms with Crippen molar-refractivity contribution in [2.45, 2.75) is 12.6 Å². The van der Waals surface area contributed by atoms with Crippen LogP contribution in [0.2, 0.25) is 0 Å². The van der Waals surface area contributed by atoms with E-state index in [4.69, 9.17) is 14.6 Å². The summed E-state index contributed by atoms with van der Waals surface area (Å²) in [5.41, 5.74) is 4.49. The Bertz CT molecular complexity index is 987. The maximum atomic E-state index is 13.3. The number of hydrogen-bond donors (Lipinski definition) is 2. The molecule has 150 valence electrons. The van der Waals surface area contributed by atoms with E-state index in [1.54, 1.807) is 19.5 Å². The molecule has 2 N–H and O–H groups in total. The van der Waals surface area contributed by atoms with Gasteiger partial charge in [-0.05, 0) is 34.9 Å². The van der Waals surface area contributed by atoms with E-state index in [0.717, 1.165) is 28.0 Å². The summed E-state index contributed by atoms with van der Waals surface area (Å²) in [5.74, 6) is 0.687. The van der Waals surface area contributed by atoms with Crippen molar-refractivity contribution < 1.29 is 19.4 Å². The van der Waals surface area contributed by atoms with Crippen LogP contribution in [0.5, 0.6) is 5.75 Å². The molecule has 1 aliphatic rings. The molecule has 2 heterocycles. The molecule has 29 heavy (non-hydrogen) atoms. The van der Waals surface area contributed by atoms with Crippen LogP contribution < -0.4 is 4.74 Å². The predicted molar refractivity (Wildman–Crippen MR) is 108 cm³/mol. The Labute approximate surface area is 168 Å². The average molecular weight is 393 g/mol. The molecule has 4 rings (SSSR count). The highest BCUT2D eigenvalue weighted by Crippen LogP contribution is 2.34. The number of aliphatic hydroxyl groups is 1. The van der Waals surface area contributed by atoms with Crippen molar-refractivity contribution in [3.05, 3.63) is 71.5 Å². The first-order chi connectivity index (χ1) is 14.2. The molecule has 7 heteroatoms. The molecule has 7 nitrogen and oxygen atoms in total. The van der Waals surface area contributed by atoms with E-state index < -0.39 is 0 Å². The lowest BCUT2D eigenvalue weighted by Crippen LogP contribution is -2.32. The molecule has 0 fully saturated rings. The van der Waals surface area contributed by atoms with E-state index in [-0.39, 0.29) is 25.2 Å². The molecule has 2 aromatic carbocycles. The number of aromatic amines is 1. The van der Waals surface area contributed by atoms with Gasteiger partial charge in [-0.3, -0.25) is 9.89 Å². The molecule has 0 bridgehead atoms. The number of aromatic nitrogens is 2. The van der Waals surface area contributed by atoms with Gasteiger partial charge in [0.2, 0.25) is 0 Å². The van der Waals surface area contributed by atoms with Crippen LogP contribution in [0.1, 0.15) is 27.5 Å². The minimum atomic E-state index is -0.283. The molecule has 1 unspecified atom stereocenters. The second-order valence-corrected chi connectivity index (χ2v) is 6.88. The van der Waals surface area contributed by atoms with Crippen LogP contribution >= 0.6 is 0 Å². The molecule has 0 aliphatic carbocycles. The van der Waals surface area contributed by atoms with E-state index in [2.05, 4.69) is 10.2 Å². The van der Waals surface area contributed by atoms with Gasteiger partial charge in [0.15, 0.2) is 0 Å². The summed E-state index contributed by atoms with van der Waals surface area (Å²) in [6.07, 6.45) is 3.54. The quantitative estimate of drug-likeness (QED) is 0.575. The van der Waals surface area contributed by atoms with E-state index >= 15 is 0 Å². The number of ether oxygens (including phenoxy) is 2. The van der Waals surface area contributed by atoms with Crippen LogP contribution in [0.25, 0.3) is 11.1 Å². The molecule has 1 aliphatic heterocycles. The molecule has 0 spiro atoms. The van der Waals surface area contributed by atoms with Crippen LogP contribution in [0, 0.1) is 0 Å². The van der Waals surface area contributed by atoms with Crippen LogP contribution in [-0.4, -0.2) is 53.0 Å². The van der Waals surface area contributed by atoms with Crippen LogP contribution in [0.4, 0.5) is 0 Å².